The molecule has 1 aromatic rings. The van der Waals surface area contributed by atoms with Gasteiger partial charge in [0.05, 0.1) is 5.56 Å². The van der Waals surface area contributed by atoms with Gasteiger partial charge < -0.3 is 5.32 Å². The van der Waals surface area contributed by atoms with Crippen LogP contribution in [0, 0.1) is 17.8 Å². The molecule has 2 atom stereocenters. The highest BCUT2D eigenvalue weighted by molar-refractivity contribution is 5.82. The van der Waals surface area contributed by atoms with Crippen LogP contribution in [-0.2, 0) is 17.4 Å². The third kappa shape index (κ3) is 3.61. The van der Waals surface area contributed by atoms with Gasteiger partial charge in [0.2, 0.25) is 5.91 Å². The SMILES string of the molecule is O=C(NCCc1cccc(C(F)(F)F)c1)C1C2CN(C3CCCC3)CC21. The van der Waals surface area contributed by atoms with Gasteiger partial charge in [-0.2, -0.15) is 13.2 Å². The van der Waals surface area contributed by atoms with Crippen LogP contribution in [-0.4, -0.2) is 36.5 Å². The van der Waals surface area contributed by atoms with Gasteiger partial charge in [-0.3, -0.25) is 9.69 Å². The zero-order valence-electron chi connectivity index (χ0n) is 14.8. The molecule has 0 bridgehead atoms. The van der Waals surface area contributed by atoms with Crippen LogP contribution < -0.4 is 5.32 Å². The van der Waals surface area contributed by atoms with E-state index >= 15 is 0 Å². The molecule has 1 heterocycles. The third-order valence-electron chi connectivity index (χ3n) is 6.33. The number of carbonyl (C=O) groups is 1. The summed E-state index contributed by atoms with van der Waals surface area (Å²) in [4.78, 5) is 14.9. The van der Waals surface area contributed by atoms with Crippen molar-refractivity contribution in [1.29, 1.82) is 0 Å². The average molecular weight is 366 g/mol. The molecule has 1 saturated heterocycles. The van der Waals surface area contributed by atoms with Crippen LogP contribution in [0.4, 0.5) is 13.2 Å². The standard InChI is InChI=1S/C20H25F3N2O/c21-20(22,23)14-5-3-4-13(10-14)8-9-24-19(26)18-16-11-25(12-17(16)18)15-6-1-2-7-15/h3-5,10,15-18H,1-2,6-9,11-12H2,(H,24,26). The van der Waals surface area contributed by atoms with Gasteiger partial charge in [-0.05, 0) is 42.7 Å². The number of hydrogen-bond donors (Lipinski definition) is 1. The fourth-order valence-corrected chi connectivity index (χ4v) is 4.87. The van der Waals surface area contributed by atoms with Crippen molar-refractivity contribution in [2.45, 2.75) is 44.3 Å². The Balaban J connectivity index is 1.21. The first-order valence-corrected chi connectivity index (χ1v) is 9.61. The summed E-state index contributed by atoms with van der Waals surface area (Å²) in [6, 6.07) is 6.06. The minimum atomic E-state index is -4.32. The Morgan fingerprint density at radius 3 is 2.50 bits per heavy atom. The molecule has 3 aliphatic rings. The lowest BCUT2D eigenvalue weighted by Gasteiger charge is -2.26. The number of carbonyl (C=O) groups excluding carboxylic acids is 1. The number of nitrogens with one attached hydrogen (secondary N) is 1. The number of fused-ring (bicyclic) bond motifs is 1. The number of alkyl halides is 3. The predicted molar refractivity (Wildman–Crippen MR) is 92.5 cm³/mol. The molecule has 2 unspecified atom stereocenters. The van der Waals surface area contributed by atoms with E-state index in [9.17, 15) is 18.0 Å². The maximum atomic E-state index is 12.7. The normalized spacial score (nSPS) is 29.0. The Hall–Kier alpha value is -1.56. The number of benzene rings is 1. The molecule has 1 aromatic carbocycles. The summed E-state index contributed by atoms with van der Waals surface area (Å²) < 4.78 is 38.2. The minimum absolute atomic E-state index is 0.0815. The van der Waals surface area contributed by atoms with E-state index in [2.05, 4.69) is 10.2 Å². The fraction of sp³-hybridized carbons (Fsp3) is 0.650. The van der Waals surface area contributed by atoms with Gasteiger partial charge in [0.25, 0.3) is 0 Å². The van der Waals surface area contributed by atoms with Crippen molar-refractivity contribution in [2.24, 2.45) is 17.8 Å². The van der Waals surface area contributed by atoms with Gasteiger partial charge in [0.1, 0.15) is 0 Å². The van der Waals surface area contributed by atoms with E-state index in [1.807, 2.05) is 0 Å². The van der Waals surface area contributed by atoms with E-state index in [0.29, 0.717) is 30.4 Å². The molecule has 0 spiro atoms. The molecule has 2 saturated carbocycles. The van der Waals surface area contributed by atoms with Crippen LogP contribution in [0.2, 0.25) is 0 Å². The number of nitrogens with zero attached hydrogens (tertiary/aromatic N) is 1. The van der Waals surface area contributed by atoms with E-state index in [0.717, 1.165) is 31.3 Å². The van der Waals surface area contributed by atoms with Crippen LogP contribution in [0.3, 0.4) is 0 Å². The third-order valence-corrected chi connectivity index (χ3v) is 6.33. The minimum Gasteiger partial charge on any atom is -0.356 e. The van der Waals surface area contributed by atoms with Crippen molar-refractivity contribution in [1.82, 2.24) is 10.2 Å². The van der Waals surface area contributed by atoms with Crippen LogP contribution in [0.15, 0.2) is 24.3 Å². The predicted octanol–water partition coefficient (Wildman–Crippen LogP) is 3.48. The molecule has 3 nitrogen and oxygen atoms in total. The molecule has 1 amide bonds. The van der Waals surface area contributed by atoms with Crippen LogP contribution >= 0.6 is 0 Å². The van der Waals surface area contributed by atoms with E-state index in [4.69, 9.17) is 0 Å². The van der Waals surface area contributed by atoms with Crippen molar-refractivity contribution in [3.8, 4) is 0 Å². The molecule has 1 aliphatic heterocycles. The van der Waals surface area contributed by atoms with Gasteiger partial charge >= 0.3 is 6.18 Å². The quantitative estimate of drug-likeness (QED) is 0.865. The second-order valence-corrected chi connectivity index (χ2v) is 7.98. The summed E-state index contributed by atoms with van der Waals surface area (Å²) in [5.74, 6) is 1.18. The molecule has 0 radical (unpaired) electrons. The van der Waals surface area contributed by atoms with E-state index in [1.165, 1.54) is 31.7 Å². The number of hydrogen-bond acceptors (Lipinski definition) is 2. The largest absolute Gasteiger partial charge is 0.416 e. The van der Waals surface area contributed by atoms with Gasteiger partial charge in [0, 0.05) is 31.6 Å². The van der Waals surface area contributed by atoms with Crippen molar-refractivity contribution in [2.75, 3.05) is 19.6 Å². The Kier molecular flexibility index (Phi) is 4.71. The molecule has 0 aromatic heterocycles. The second kappa shape index (κ2) is 6.87. The molecular weight excluding hydrogens is 341 g/mol. The average Bonchev–Trinajstić information content (AvgIpc) is 3.00. The fourth-order valence-electron chi connectivity index (χ4n) is 4.87. The highest BCUT2D eigenvalue weighted by Crippen LogP contribution is 2.53. The molecule has 4 rings (SSSR count). The topological polar surface area (TPSA) is 32.3 Å². The summed E-state index contributed by atoms with van der Waals surface area (Å²) in [6.07, 6.45) is 1.36. The van der Waals surface area contributed by atoms with Gasteiger partial charge in [-0.1, -0.05) is 31.0 Å². The van der Waals surface area contributed by atoms with Crippen LogP contribution in [0.1, 0.15) is 36.8 Å². The lowest BCUT2D eigenvalue weighted by atomic mass is 10.1. The number of rotatable bonds is 5. The smallest absolute Gasteiger partial charge is 0.356 e. The Labute approximate surface area is 151 Å². The summed E-state index contributed by atoms with van der Waals surface area (Å²) in [6.45, 7) is 2.48. The zero-order chi connectivity index (χ0) is 18.3. The lowest BCUT2D eigenvalue weighted by molar-refractivity contribution is -0.137. The first-order chi connectivity index (χ1) is 12.4. The highest BCUT2D eigenvalue weighted by Gasteiger charge is 2.59. The number of piperidine rings is 1. The molecule has 142 valence electrons. The summed E-state index contributed by atoms with van der Waals surface area (Å²) >= 11 is 0. The summed E-state index contributed by atoms with van der Waals surface area (Å²) in [5, 5.41) is 2.93. The Bertz CT molecular complexity index is 657. The summed E-state index contributed by atoms with van der Waals surface area (Å²) in [7, 11) is 0. The maximum Gasteiger partial charge on any atom is 0.416 e. The first kappa shape index (κ1) is 17.8. The van der Waals surface area contributed by atoms with Crippen molar-refractivity contribution in [3.05, 3.63) is 35.4 Å². The number of likely N-dealkylation sites (tertiary alicyclic amines) is 1. The zero-order valence-corrected chi connectivity index (χ0v) is 14.8. The first-order valence-electron chi connectivity index (χ1n) is 9.61. The van der Waals surface area contributed by atoms with E-state index in [-0.39, 0.29) is 11.8 Å². The molecular formula is C20H25F3N2O. The van der Waals surface area contributed by atoms with E-state index < -0.39 is 11.7 Å². The number of amides is 1. The van der Waals surface area contributed by atoms with Crippen LogP contribution in [0.25, 0.3) is 0 Å². The van der Waals surface area contributed by atoms with Crippen molar-refractivity contribution >= 4 is 5.91 Å². The van der Waals surface area contributed by atoms with Gasteiger partial charge in [-0.25, -0.2) is 0 Å². The molecule has 6 heteroatoms. The monoisotopic (exact) mass is 366 g/mol. The second-order valence-electron chi connectivity index (χ2n) is 7.98. The Morgan fingerprint density at radius 2 is 1.85 bits per heavy atom. The van der Waals surface area contributed by atoms with Crippen LogP contribution in [0.5, 0.6) is 0 Å². The molecule has 3 fully saturated rings. The van der Waals surface area contributed by atoms with Crippen molar-refractivity contribution in [3.63, 3.8) is 0 Å². The molecule has 1 N–H and O–H groups in total. The number of halogens is 3. The lowest BCUT2D eigenvalue weighted by Crippen LogP contribution is -2.36. The molecule has 2 aliphatic carbocycles. The van der Waals surface area contributed by atoms with Gasteiger partial charge in [-0.15, -0.1) is 0 Å². The van der Waals surface area contributed by atoms with Gasteiger partial charge in [0.15, 0.2) is 0 Å². The van der Waals surface area contributed by atoms with Crippen molar-refractivity contribution < 1.29 is 18.0 Å². The maximum absolute atomic E-state index is 12.7. The highest BCUT2D eigenvalue weighted by atomic mass is 19.4. The molecule has 26 heavy (non-hydrogen) atoms. The Morgan fingerprint density at radius 1 is 1.15 bits per heavy atom. The summed E-state index contributed by atoms with van der Waals surface area (Å²) in [5.41, 5.74) is -0.0337. The van der Waals surface area contributed by atoms with E-state index in [1.54, 1.807) is 6.07 Å².